The second-order valence-electron chi connectivity index (χ2n) is 4.79. The molecule has 0 aliphatic heterocycles. The predicted octanol–water partition coefficient (Wildman–Crippen LogP) is 3.85. The van der Waals surface area contributed by atoms with Gasteiger partial charge in [0.25, 0.3) is 5.91 Å². The lowest BCUT2D eigenvalue weighted by atomic mass is 10.1. The molecule has 0 saturated heterocycles. The van der Waals surface area contributed by atoms with Crippen molar-refractivity contribution in [2.24, 2.45) is 0 Å². The minimum atomic E-state index is -0.201. The van der Waals surface area contributed by atoms with Gasteiger partial charge in [0.1, 0.15) is 0 Å². The summed E-state index contributed by atoms with van der Waals surface area (Å²) >= 11 is 6.15. The van der Waals surface area contributed by atoms with E-state index < -0.39 is 0 Å². The van der Waals surface area contributed by atoms with Gasteiger partial charge in [0.2, 0.25) is 0 Å². The number of amides is 1. The summed E-state index contributed by atoms with van der Waals surface area (Å²) in [7, 11) is 3.09. The van der Waals surface area contributed by atoms with Crippen LogP contribution in [0.1, 0.15) is 28.9 Å². The monoisotopic (exact) mass is 319 g/mol. The Labute approximate surface area is 135 Å². The Morgan fingerprint density at radius 2 is 1.77 bits per heavy atom. The van der Waals surface area contributed by atoms with Gasteiger partial charge in [-0.25, -0.2) is 0 Å². The average molecular weight is 320 g/mol. The van der Waals surface area contributed by atoms with Crippen LogP contribution in [0.15, 0.2) is 42.5 Å². The molecule has 2 aromatic carbocycles. The van der Waals surface area contributed by atoms with Crippen molar-refractivity contribution in [3.63, 3.8) is 0 Å². The molecule has 0 aliphatic rings. The molecule has 1 N–H and O–H groups in total. The van der Waals surface area contributed by atoms with E-state index in [9.17, 15) is 4.79 Å². The van der Waals surface area contributed by atoms with Crippen LogP contribution in [0.3, 0.4) is 0 Å². The largest absolute Gasteiger partial charge is 0.493 e. The van der Waals surface area contributed by atoms with E-state index in [1.54, 1.807) is 31.4 Å². The lowest BCUT2D eigenvalue weighted by molar-refractivity contribution is 0.0939. The highest BCUT2D eigenvalue weighted by Crippen LogP contribution is 2.28. The van der Waals surface area contributed by atoms with Gasteiger partial charge in [-0.1, -0.05) is 29.8 Å². The SMILES string of the molecule is COc1ccc(C(=O)NC(C)c2ccccc2Cl)cc1OC. The zero-order valence-corrected chi connectivity index (χ0v) is 13.5. The number of ether oxygens (including phenoxy) is 2. The number of halogens is 1. The van der Waals surface area contributed by atoms with Gasteiger partial charge in [0.15, 0.2) is 11.5 Å². The molecule has 5 heteroatoms. The highest BCUT2D eigenvalue weighted by atomic mass is 35.5. The molecule has 2 aromatic rings. The summed E-state index contributed by atoms with van der Waals surface area (Å²) in [6.45, 7) is 1.89. The second kappa shape index (κ2) is 7.18. The van der Waals surface area contributed by atoms with Crippen molar-refractivity contribution >= 4 is 17.5 Å². The van der Waals surface area contributed by atoms with Crippen LogP contribution in [0, 0.1) is 0 Å². The van der Waals surface area contributed by atoms with Crippen LogP contribution in [-0.2, 0) is 0 Å². The summed E-state index contributed by atoms with van der Waals surface area (Å²) in [5.41, 5.74) is 1.37. The summed E-state index contributed by atoms with van der Waals surface area (Å²) in [5.74, 6) is 0.895. The number of nitrogens with one attached hydrogen (secondary N) is 1. The van der Waals surface area contributed by atoms with E-state index in [2.05, 4.69) is 5.32 Å². The topological polar surface area (TPSA) is 47.6 Å². The van der Waals surface area contributed by atoms with Gasteiger partial charge in [-0.3, -0.25) is 4.79 Å². The van der Waals surface area contributed by atoms with Crippen LogP contribution in [0.4, 0.5) is 0 Å². The standard InChI is InChI=1S/C17H18ClNO3/c1-11(13-6-4-5-7-14(13)18)19-17(20)12-8-9-15(21-2)16(10-12)22-3/h4-11H,1-3H3,(H,19,20). The molecule has 1 unspecified atom stereocenters. The fourth-order valence-electron chi connectivity index (χ4n) is 2.16. The van der Waals surface area contributed by atoms with Crippen LogP contribution >= 0.6 is 11.6 Å². The fourth-order valence-corrected chi connectivity index (χ4v) is 2.46. The molecule has 4 nitrogen and oxygen atoms in total. The molecule has 0 heterocycles. The Bertz CT molecular complexity index is 673. The number of carbonyl (C=O) groups excluding carboxylic acids is 1. The molecule has 0 aromatic heterocycles. The van der Waals surface area contributed by atoms with Crippen LogP contribution in [0.25, 0.3) is 0 Å². The van der Waals surface area contributed by atoms with Gasteiger partial charge in [0.05, 0.1) is 20.3 Å². The maximum Gasteiger partial charge on any atom is 0.251 e. The summed E-state index contributed by atoms with van der Waals surface area (Å²) in [4.78, 5) is 12.4. The van der Waals surface area contributed by atoms with Crippen molar-refractivity contribution in [3.05, 3.63) is 58.6 Å². The molecule has 0 radical (unpaired) electrons. The molecule has 0 saturated carbocycles. The number of benzene rings is 2. The molecular formula is C17H18ClNO3. The summed E-state index contributed by atoms with van der Waals surface area (Å²) < 4.78 is 10.4. The zero-order chi connectivity index (χ0) is 16.1. The van der Waals surface area contributed by atoms with E-state index >= 15 is 0 Å². The van der Waals surface area contributed by atoms with E-state index in [-0.39, 0.29) is 11.9 Å². The van der Waals surface area contributed by atoms with E-state index in [1.807, 2.05) is 25.1 Å². The Morgan fingerprint density at radius 1 is 1.09 bits per heavy atom. The molecule has 1 atom stereocenters. The number of methoxy groups -OCH3 is 2. The predicted molar refractivity (Wildman–Crippen MR) is 86.9 cm³/mol. The number of hydrogen-bond acceptors (Lipinski definition) is 3. The van der Waals surface area contributed by atoms with Crippen molar-refractivity contribution in [1.29, 1.82) is 0 Å². The third-order valence-corrected chi connectivity index (χ3v) is 3.71. The molecule has 2 rings (SSSR count). The minimum Gasteiger partial charge on any atom is -0.493 e. The molecule has 0 spiro atoms. The maximum absolute atomic E-state index is 12.4. The third-order valence-electron chi connectivity index (χ3n) is 3.37. The van der Waals surface area contributed by atoms with Gasteiger partial charge < -0.3 is 14.8 Å². The van der Waals surface area contributed by atoms with Crippen LogP contribution in [0.2, 0.25) is 5.02 Å². The van der Waals surface area contributed by atoms with Gasteiger partial charge >= 0.3 is 0 Å². The maximum atomic E-state index is 12.4. The first-order valence-corrected chi connectivity index (χ1v) is 7.22. The van der Waals surface area contributed by atoms with Gasteiger partial charge in [-0.15, -0.1) is 0 Å². The molecule has 1 amide bonds. The van der Waals surface area contributed by atoms with E-state index in [4.69, 9.17) is 21.1 Å². The average Bonchev–Trinajstić information content (AvgIpc) is 2.54. The first-order chi connectivity index (χ1) is 10.6. The molecule has 116 valence electrons. The Kier molecular flexibility index (Phi) is 5.28. The Morgan fingerprint density at radius 3 is 2.41 bits per heavy atom. The molecule has 0 fully saturated rings. The van der Waals surface area contributed by atoms with Crippen LogP contribution < -0.4 is 14.8 Å². The first kappa shape index (κ1) is 16.2. The van der Waals surface area contributed by atoms with E-state index in [1.165, 1.54) is 7.11 Å². The van der Waals surface area contributed by atoms with Crippen molar-refractivity contribution in [3.8, 4) is 11.5 Å². The minimum absolute atomic E-state index is 0.200. The fraction of sp³-hybridized carbons (Fsp3) is 0.235. The van der Waals surface area contributed by atoms with Crippen molar-refractivity contribution in [1.82, 2.24) is 5.32 Å². The van der Waals surface area contributed by atoms with Crippen molar-refractivity contribution in [2.75, 3.05) is 14.2 Å². The lowest BCUT2D eigenvalue weighted by Crippen LogP contribution is -2.26. The summed E-state index contributed by atoms with van der Waals surface area (Å²) in [6.07, 6.45) is 0. The van der Waals surface area contributed by atoms with Crippen molar-refractivity contribution in [2.45, 2.75) is 13.0 Å². The van der Waals surface area contributed by atoms with Gasteiger partial charge in [-0.05, 0) is 36.8 Å². The first-order valence-electron chi connectivity index (χ1n) is 6.84. The van der Waals surface area contributed by atoms with Crippen molar-refractivity contribution < 1.29 is 14.3 Å². The van der Waals surface area contributed by atoms with E-state index in [0.29, 0.717) is 22.1 Å². The second-order valence-corrected chi connectivity index (χ2v) is 5.19. The summed E-state index contributed by atoms with van der Waals surface area (Å²) in [5, 5.41) is 3.55. The highest BCUT2D eigenvalue weighted by Gasteiger charge is 2.15. The Hall–Kier alpha value is -2.20. The lowest BCUT2D eigenvalue weighted by Gasteiger charge is -2.16. The van der Waals surface area contributed by atoms with Crippen LogP contribution in [0.5, 0.6) is 11.5 Å². The summed E-state index contributed by atoms with van der Waals surface area (Å²) in [6, 6.07) is 12.3. The number of rotatable bonds is 5. The normalized spacial score (nSPS) is 11.6. The highest BCUT2D eigenvalue weighted by molar-refractivity contribution is 6.31. The molecule has 0 aliphatic carbocycles. The number of hydrogen-bond donors (Lipinski definition) is 1. The quantitative estimate of drug-likeness (QED) is 0.910. The molecule has 0 bridgehead atoms. The van der Waals surface area contributed by atoms with Gasteiger partial charge in [-0.2, -0.15) is 0 Å². The molecular weight excluding hydrogens is 302 g/mol. The molecule has 22 heavy (non-hydrogen) atoms. The van der Waals surface area contributed by atoms with Gasteiger partial charge in [0, 0.05) is 10.6 Å². The van der Waals surface area contributed by atoms with Crippen LogP contribution in [-0.4, -0.2) is 20.1 Å². The zero-order valence-electron chi connectivity index (χ0n) is 12.7. The van der Waals surface area contributed by atoms with E-state index in [0.717, 1.165) is 5.56 Å². The third kappa shape index (κ3) is 3.52. The Balaban J connectivity index is 2.17. The number of carbonyl (C=O) groups is 1. The smallest absolute Gasteiger partial charge is 0.251 e.